The molecule has 1 heterocycles. The number of rotatable bonds is 2. The Morgan fingerprint density at radius 2 is 1.72 bits per heavy atom. The molecular formula is C9H6F3N2O2S2+. The molecule has 4 nitrogen and oxygen atoms in total. The van der Waals surface area contributed by atoms with Gasteiger partial charge in [-0.25, -0.2) is 8.42 Å². The van der Waals surface area contributed by atoms with E-state index in [9.17, 15) is 21.6 Å². The monoisotopic (exact) mass is 295 g/mol. The number of alkyl halides is 3. The standard InChI is InChI=1S/C9H6F3N2O2S2/c10-9(11,12)17-6-13-14-8(17)18(15,16)7-4-2-1-3-5-7/h1-6H/q+1. The van der Waals surface area contributed by atoms with Gasteiger partial charge in [-0.3, -0.25) is 0 Å². The Hall–Kier alpha value is -1.48. The Bertz CT molecular complexity index is 650. The molecule has 0 aliphatic carbocycles. The highest BCUT2D eigenvalue weighted by Crippen LogP contribution is 2.45. The van der Waals surface area contributed by atoms with Crippen LogP contribution in [0.25, 0.3) is 0 Å². The van der Waals surface area contributed by atoms with Crippen LogP contribution in [0, 0.1) is 0 Å². The minimum Gasteiger partial charge on any atom is -0.212 e. The normalized spacial score (nSPS) is 13.6. The Labute approximate surface area is 103 Å². The molecule has 0 spiro atoms. The summed E-state index contributed by atoms with van der Waals surface area (Å²) in [6.07, 6.45) is 0. The zero-order valence-electron chi connectivity index (χ0n) is 8.63. The van der Waals surface area contributed by atoms with Gasteiger partial charge in [0, 0.05) is 0 Å². The second-order valence-corrected chi connectivity index (χ2v) is 7.05. The molecule has 0 amide bonds. The van der Waals surface area contributed by atoms with Crippen LogP contribution in [-0.2, 0) is 15.3 Å². The smallest absolute Gasteiger partial charge is 0.212 e. The van der Waals surface area contributed by atoms with Crippen molar-refractivity contribution >= 4 is 20.3 Å². The van der Waals surface area contributed by atoms with Gasteiger partial charge in [0.05, 0.1) is 4.90 Å². The van der Waals surface area contributed by atoms with Crippen LogP contribution in [0.1, 0.15) is 0 Å². The number of aromatic nitrogens is 2. The molecule has 9 heteroatoms. The van der Waals surface area contributed by atoms with Crippen molar-refractivity contribution in [3.05, 3.63) is 35.8 Å². The molecule has 0 saturated heterocycles. The third-order valence-electron chi connectivity index (χ3n) is 2.01. The fraction of sp³-hybridized carbons (Fsp3) is 0.111. The van der Waals surface area contributed by atoms with Gasteiger partial charge in [-0.15, -0.1) is 13.2 Å². The number of hydrogen-bond acceptors (Lipinski definition) is 4. The van der Waals surface area contributed by atoms with Crippen LogP contribution in [0.4, 0.5) is 13.2 Å². The van der Waals surface area contributed by atoms with E-state index in [-0.39, 0.29) is 4.90 Å². The van der Waals surface area contributed by atoms with Gasteiger partial charge in [-0.05, 0) is 12.1 Å². The molecule has 1 aromatic heterocycles. The first kappa shape index (κ1) is 13.0. The first-order chi connectivity index (χ1) is 8.33. The summed E-state index contributed by atoms with van der Waals surface area (Å²) in [4.78, 5) is -0.226. The second-order valence-electron chi connectivity index (χ2n) is 3.19. The van der Waals surface area contributed by atoms with Crippen LogP contribution >= 0.6 is 10.5 Å². The summed E-state index contributed by atoms with van der Waals surface area (Å²) < 4.78 is 60.9. The van der Waals surface area contributed by atoms with Crippen LogP contribution in [0.15, 0.2) is 45.1 Å². The van der Waals surface area contributed by atoms with Gasteiger partial charge in [-0.1, -0.05) is 28.4 Å². The highest BCUT2D eigenvalue weighted by Gasteiger charge is 2.51. The fourth-order valence-electron chi connectivity index (χ4n) is 1.24. The van der Waals surface area contributed by atoms with E-state index in [2.05, 4.69) is 10.2 Å². The van der Waals surface area contributed by atoms with Crippen molar-refractivity contribution in [3.63, 3.8) is 0 Å². The van der Waals surface area contributed by atoms with E-state index in [4.69, 9.17) is 0 Å². The molecule has 2 aromatic rings. The molecule has 1 unspecified atom stereocenters. The van der Waals surface area contributed by atoms with Crippen molar-refractivity contribution in [2.24, 2.45) is 0 Å². The second kappa shape index (κ2) is 4.32. The Balaban J connectivity index is 2.60. The molecule has 1 atom stereocenters. The minimum absolute atomic E-state index is 0.226. The summed E-state index contributed by atoms with van der Waals surface area (Å²) in [6.45, 7) is 0. The van der Waals surface area contributed by atoms with Gasteiger partial charge in [0.15, 0.2) is 0 Å². The van der Waals surface area contributed by atoms with Gasteiger partial charge < -0.3 is 0 Å². The lowest BCUT2D eigenvalue weighted by Crippen LogP contribution is -2.06. The van der Waals surface area contributed by atoms with Crippen LogP contribution in [-0.4, -0.2) is 18.6 Å². The number of benzene rings is 1. The third-order valence-corrected chi connectivity index (χ3v) is 5.91. The predicted octanol–water partition coefficient (Wildman–Crippen LogP) is 2.53. The topological polar surface area (TPSA) is 59.9 Å². The van der Waals surface area contributed by atoms with Crippen LogP contribution in [0.3, 0.4) is 0 Å². The number of sulfone groups is 1. The van der Waals surface area contributed by atoms with Crippen molar-refractivity contribution in [1.29, 1.82) is 0 Å². The first-order valence-corrected chi connectivity index (χ1v) is 7.32. The molecule has 0 aliphatic heterocycles. The summed E-state index contributed by atoms with van der Waals surface area (Å²) in [5.74, 6) is 0. The van der Waals surface area contributed by atoms with Crippen LogP contribution in [0.5, 0.6) is 0 Å². The van der Waals surface area contributed by atoms with E-state index >= 15 is 0 Å². The summed E-state index contributed by atoms with van der Waals surface area (Å²) in [6, 6.07) is 6.85. The molecule has 0 radical (unpaired) electrons. The van der Waals surface area contributed by atoms with Crippen LogP contribution < -0.4 is 0 Å². The summed E-state index contributed by atoms with van der Waals surface area (Å²) >= 11 is 0. The lowest BCUT2D eigenvalue weighted by Gasteiger charge is -1.99. The lowest BCUT2D eigenvalue weighted by molar-refractivity contribution is -0.0875. The van der Waals surface area contributed by atoms with Gasteiger partial charge >= 0.3 is 9.85 Å². The van der Waals surface area contributed by atoms with E-state index in [0.717, 1.165) is 0 Å². The molecule has 0 N–H and O–H groups in total. The highest BCUT2D eigenvalue weighted by molar-refractivity contribution is 7.94. The van der Waals surface area contributed by atoms with Crippen molar-refractivity contribution < 1.29 is 21.6 Å². The van der Waals surface area contributed by atoms with Gasteiger partial charge in [-0.2, -0.15) is 0 Å². The van der Waals surface area contributed by atoms with Gasteiger partial charge in [0.25, 0.3) is 15.3 Å². The molecule has 0 saturated carbocycles. The van der Waals surface area contributed by atoms with Gasteiger partial charge in [0.2, 0.25) is 0 Å². The zero-order chi connectivity index (χ0) is 13.4. The largest absolute Gasteiger partial charge is 0.604 e. The molecule has 2 rings (SSSR count). The van der Waals surface area contributed by atoms with E-state index in [1.165, 1.54) is 24.3 Å². The average molecular weight is 295 g/mol. The molecule has 0 bridgehead atoms. The highest BCUT2D eigenvalue weighted by atomic mass is 32.3. The van der Waals surface area contributed by atoms with Crippen molar-refractivity contribution in [2.75, 3.05) is 0 Å². The van der Waals surface area contributed by atoms with E-state index in [0.29, 0.717) is 5.51 Å². The Morgan fingerprint density at radius 1 is 1.11 bits per heavy atom. The Kier molecular flexibility index (Phi) is 3.11. The van der Waals surface area contributed by atoms with E-state index in [1.807, 2.05) is 0 Å². The van der Waals surface area contributed by atoms with Crippen molar-refractivity contribution in [1.82, 2.24) is 10.2 Å². The number of hydrogen-bond donors (Lipinski definition) is 0. The zero-order valence-corrected chi connectivity index (χ0v) is 10.3. The van der Waals surface area contributed by atoms with Crippen LogP contribution in [0.2, 0.25) is 0 Å². The van der Waals surface area contributed by atoms with E-state index in [1.54, 1.807) is 6.07 Å². The SMILES string of the molecule is O=S(=O)(c1ccccc1)c1nnc[s+]1C(F)(F)F. The average Bonchev–Trinajstić information content (AvgIpc) is 2.79. The summed E-state index contributed by atoms with van der Waals surface area (Å²) in [5.41, 5.74) is -4.18. The van der Waals surface area contributed by atoms with Gasteiger partial charge in [0.1, 0.15) is 10.5 Å². The number of halogens is 3. The molecule has 1 aromatic carbocycles. The molecule has 0 aliphatic rings. The predicted molar refractivity (Wildman–Crippen MR) is 57.7 cm³/mol. The Morgan fingerprint density at radius 3 is 2.28 bits per heavy atom. The maximum Gasteiger partial charge on any atom is 0.604 e. The molecule has 0 fully saturated rings. The van der Waals surface area contributed by atoms with Crippen molar-refractivity contribution in [3.8, 4) is 0 Å². The molecule has 96 valence electrons. The maximum atomic E-state index is 12.6. The fourth-order valence-corrected chi connectivity index (χ4v) is 4.44. The first-order valence-electron chi connectivity index (χ1n) is 4.54. The third kappa shape index (κ3) is 2.23. The summed E-state index contributed by atoms with van der Waals surface area (Å²) in [5, 5.41) is 6.20. The maximum absolute atomic E-state index is 12.6. The van der Waals surface area contributed by atoms with E-state index < -0.39 is 30.2 Å². The number of nitrogens with zero attached hydrogens (tertiary/aromatic N) is 2. The van der Waals surface area contributed by atoms with Crippen molar-refractivity contribution in [2.45, 2.75) is 14.7 Å². The summed E-state index contributed by atoms with van der Waals surface area (Å²) in [7, 11) is -6.84. The lowest BCUT2D eigenvalue weighted by atomic mass is 10.4. The minimum atomic E-state index is -4.69. The quantitative estimate of drug-likeness (QED) is 0.799. The molecular weight excluding hydrogens is 289 g/mol. The molecule has 18 heavy (non-hydrogen) atoms.